The first-order chi connectivity index (χ1) is 5.20. The normalized spacial score (nSPS) is 39.0. The van der Waals surface area contributed by atoms with E-state index in [1.165, 1.54) is 0 Å². The lowest BCUT2D eigenvalue weighted by molar-refractivity contribution is 0.0641. The van der Waals surface area contributed by atoms with E-state index in [0.717, 1.165) is 25.7 Å². The number of hydrogen-bond donors (Lipinski definition) is 2. The Hall–Kier alpha value is -0.0800. The maximum atomic E-state index is 9.05. The highest BCUT2D eigenvalue weighted by Gasteiger charge is 2.29. The molecule has 0 unspecified atom stereocenters. The highest BCUT2D eigenvalue weighted by Crippen LogP contribution is 2.37. The molecule has 2 N–H and O–H groups in total. The smallest absolute Gasteiger partial charge is 0.0484 e. The van der Waals surface area contributed by atoms with Crippen LogP contribution in [0.5, 0.6) is 0 Å². The average molecular weight is 158 g/mol. The van der Waals surface area contributed by atoms with Crippen LogP contribution in [0.4, 0.5) is 0 Å². The van der Waals surface area contributed by atoms with Crippen molar-refractivity contribution in [3.63, 3.8) is 0 Å². The fourth-order valence-corrected chi connectivity index (χ4v) is 1.72. The van der Waals surface area contributed by atoms with Crippen LogP contribution in [0.2, 0.25) is 0 Å². The molecule has 0 saturated heterocycles. The Morgan fingerprint density at radius 3 is 2.18 bits per heavy atom. The molecule has 1 aliphatic rings. The van der Waals surface area contributed by atoms with Crippen molar-refractivity contribution < 1.29 is 10.2 Å². The van der Waals surface area contributed by atoms with Crippen molar-refractivity contribution in [2.45, 2.75) is 32.6 Å². The zero-order chi connectivity index (χ0) is 8.32. The third-order valence-corrected chi connectivity index (χ3v) is 2.95. The van der Waals surface area contributed by atoms with Crippen molar-refractivity contribution in [2.75, 3.05) is 13.2 Å². The quantitative estimate of drug-likeness (QED) is 0.633. The number of hydrogen-bond acceptors (Lipinski definition) is 2. The molecule has 0 radical (unpaired) electrons. The molecular weight excluding hydrogens is 140 g/mol. The zero-order valence-corrected chi connectivity index (χ0v) is 7.21. The van der Waals surface area contributed by atoms with E-state index in [2.05, 4.69) is 6.92 Å². The molecule has 0 aromatic rings. The van der Waals surface area contributed by atoms with Crippen LogP contribution in [-0.2, 0) is 0 Å². The fourth-order valence-electron chi connectivity index (χ4n) is 1.72. The Labute approximate surface area is 68.2 Å². The van der Waals surface area contributed by atoms with Gasteiger partial charge in [0.25, 0.3) is 0 Å². The number of aliphatic hydroxyl groups excluding tert-OH is 2. The van der Waals surface area contributed by atoms with E-state index in [1.807, 2.05) is 0 Å². The van der Waals surface area contributed by atoms with Gasteiger partial charge in [-0.1, -0.05) is 6.92 Å². The SMILES string of the molecule is CC1(CO)CCC(CO)CC1. The van der Waals surface area contributed by atoms with Gasteiger partial charge in [0, 0.05) is 13.2 Å². The fraction of sp³-hybridized carbons (Fsp3) is 1.00. The second kappa shape index (κ2) is 3.55. The molecule has 1 aliphatic carbocycles. The Morgan fingerprint density at radius 1 is 1.27 bits per heavy atom. The van der Waals surface area contributed by atoms with Crippen LogP contribution in [0.3, 0.4) is 0 Å². The summed E-state index contributed by atoms with van der Waals surface area (Å²) in [5.74, 6) is 0.495. The van der Waals surface area contributed by atoms with Crippen molar-refractivity contribution in [1.29, 1.82) is 0 Å². The predicted molar refractivity (Wildman–Crippen MR) is 44.2 cm³/mol. The number of aliphatic hydroxyl groups is 2. The second-order valence-corrected chi connectivity index (χ2v) is 4.09. The Kier molecular flexibility index (Phi) is 2.90. The van der Waals surface area contributed by atoms with E-state index in [9.17, 15) is 0 Å². The summed E-state index contributed by atoms with van der Waals surface area (Å²) in [6.45, 7) is 2.74. The summed E-state index contributed by atoms with van der Waals surface area (Å²) in [5, 5.41) is 17.9. The monoisotopic (exact) mass is 158 g/mol. The summed E-state index contributed by atoms with van der Waals surface area (Å²) in [4.78, 5) is 0. The van der Waals surface area contributed by atoms with E-state index >= 15 is 0 Å². The molecule has 0 heterocycles. The summed E-state index contributed by atoms with van der Waals surface area (Å²) in [7, 11) is 0. The first-order valence-corrected chi connectivity index (χ1v) is 4.42. The lowest BCUT2D eigenvalue weighted by atomic mass is 9.72. The van der Waals surface area contributed by atoms with Gasteiger partial charge in [-0.3, -0.25) is 0 Å². The van der Waals surface area contributed by atoms with E-state index in [-0.39, 0.29) is 5.41 Å². The largest absolute Gasteiger partial charge is 0.396 e. The topological polar surface area (TPSA) is 40.5 Å². The van der Waals surface area contributed by atoms with E-state index in [0.29, 0.717) is 19.1 Å². The minimum absolute atomic E-state index is 0.145. The molecule has 1 rings (SSSR count). The first-order valence-electron chi connectivity index (χ1n) is 4.42. The van der Waals surface area contributed by atoms with Crippen molar-refractivity contribution >= 4 is 0 Å². The maximum Gasteiger partial charge on any atom is 0.0484 e. The van der Waals surface area contributed by atoms with Gasteiger partial charge in [-0.2, -0.15) is 0 Å². The second-order valence-electron chi connectivity index (χ2n) is 4.09. The van der Waals surface area contributed by atoms with E-state index in [1.54, 1.807) is 0 Å². The predicted octanol–water partition coefficient (Wildman–Crippen LogP) is 1.17. The van der Waals surface area contributed by atoms with E-state index in [4.69, 9.17) is 10.2 Å². The van der Waals surface area contributed by atoms with Gasteiger partial charge in [0.05, 0.1) is 0 Å². The average Bonchev–Trinajstić information content (AvgIpc) is 2.06. The standard InChI is InChI=1S/C9H18O2/c1-9(7-11)4-2-8(6-10)3-5-9/h8,10-11H,2-7H2,1H3. The summed E-state index contributed by atoms with van der Waals surface area (Å²) >= 11 is 0. The highest BCUT2D eigenvalue weighted by atomic mass is 16.3. The van der Waals surface area contributed by atoms with Crippen LogP contribution in [0.15, 0.2) is 0 Å². The van der Waals surface area contributed by atoms with Crippen LogP contribution < -0.4 is 0 Å². The molecule has 0 amide bonds. The third-order valence-electron chi connectivity index (χ3n) is 2.95. The van der Waals surface area contributed by atoms with Gasteiger partial charge >= 0.3 is 0 Å². The van der Waals surface area contributed by atoms with Crippen molar-refractivity contribution in [3.8, 4) is 0 Å². The van der Waals surface area contributed by atoms with Gasteiger partial charge in [0.1, 0.15) is 0 Å². The van der Waals surface area contributed by atoms with Gasteiger partial charge in [0.15, 0.2) is 0 Å². The summed E-state index contributed by atoms with van der Waals surface area (Å²) in [6, 6.07) is 0. The van der Waals surface area contributed by atoms with Gasteiger partial charge in [-0.25, -0.2) is 0 Å². The molecule has 2 heteroatoms. The minimum Gasteiger partial charge on any atom is -0.396 e. The van der Waals surface area contributed by atoms with Gasteiger partial charge < -0.3 is 10.2 Å². The molecule has 66 valence electrons. The molecule has 0 aromatic heterocycles. The van der Waals surface area contributed by atoms with Crippen molar-refractivity contribution in [3.05, 3.63) is 0 Å². The van der Waals surface area contributed by atoms with Crippen LogP contribution in [0, 0.1) is 11.3 Å². The minimum atomic E-state index is 0.145. The van der Waals surface area contributed by atoms with Crippen LogP contribution in [0.25, 0.3) is 0 Å². The Bertz CT molecular complexity index is 115. The lowest BCUT2D eigenvalue weighted by Crippen LogP contribution is -2.28. The molecule has 11 heavy (non-hydrogen) atoms. The molecule has 0 aliphatic heterocycles. The maximum absolute atomic E-state index is 9.05. The lowest BCUT2D eigenvalue weighted by Gasteiger charge is -2.35. The van der Waals surface area contributed by atoms with Crippen LogP contribution >= 0.6 is 0 Å². The first kappa shape index (κ1) is 9.01. The summed E-state index contributed by atoms with van der Waals surface area (Å²) < 4.78 is 0. The Morgan fingerprint density at radius 2 is 1.82 bits per heavy atom. The van der Waals surface area contributed by atoms with Gasteiger partial charge in [-0.15, -0.1) is 0 Å². The van der Waals surface area contributed by atoms with Gasteiger partial charge in [0.2, 0.25) is 0 Å². The summed E-state index contributed by atoms with van der Waals surface area (Å²) in [5.41, 5.74) is 0.145. The Balaban J connectivity index is 2.35. The zero-order valence-electron chi connectivity index (χ0n) is 7.21. The molecule has 0 bridgehead atoms. The van der Waals surface area contributed by atoms with E-state index < -0.39 is 0 Å². The third kappa shape index (κ3) is 2.17. The molecule has 1 fully saturated rings. The molecule has 0 atom stereocenters. The van der Waals surface area contributed by atoms with Gasteiger partial charge in [-0.05, 0) is 37.0 Å². The molecular formula is C9H18O2. The molecule has 0 aromatic carbocycles. The summed E-state index contributed by atoms with van der Waals surface area (Å²) in [6.07, 6.45) is 4.28. The number of rotatable bonds is 2. The van der Waals surface area contributed by atoms with Crippen LogP contribution in [0.1, 0.15) is 32.6 Å². The van der Waals surface area contributed by atoms with Crippen molar-refractivity contribution in [2.24, 2.45) is 11.3 Å². The van der Waals surface area contributed by atoms with Crippen LogP contribution in [-0.4, -0.2) is 23.4 Å². The van der Waals surface area contributed by atoms with Crippen molar-refractivity contribution in [1.82, 2.24) is 0 Å². The highest BCUT2D eigenvalue weighted by molar-refractivity contribution is 4.80. The molecule has 2 nitrogen and oxygen atoms in total. The molecule has 0 spiro atoms. The molecule has 1 saturated carbocycles.